The van der Waals surface area contributed by atoms with Crippen LogP contribution in [0.2, 0.25) is 0 Å². The average molecular weight is 1030 g/mol. The van der Waals surface area contributed by atoms with Gasteiger partial charge in [0.1, 0.15) is 0 Å². The van der Waals surface area contributed by atoms with E-state index in [4.69, 9.17) is 0 Å². The molecular formula is C73H68BN3S. The summed E-state index contributed by atoms with van der Waals surface area (Å²) in [6.45, 7) is 23.0. The van der Waals surface area contributed by atoms with E-state index < -0.39 is 0 Å². The molecule has 0 saturated carbocycles. The lowest BCUT2D eigenvalue weighted by atomic mass is 9.57. The number of aryl methyl sites for hydroxylation is 1. The molecule has 1 aromatic heterocycles. The van der Waals surface area contributed by atoms with Gasteiger partial charge in [-0.1, -0.05) is 207 Å². The average Bonchev–Trinajstić information content (AvgIpc) is 3.90. The Hall–Kier alpha value is -8.12. The van der Waals surface area contributed by atoms with Crippen LogP contribution in [0, 0.1) is 6.92 Å². The first kappa shape index (κ1) is 50.7. The topological polar surface area (TPSA) is 18.5 Å². The summed E-state index contributed by atoms with van der Waals surface area (Å²) in [5.41, 5.74) is 24.0. The number of hydrogen-bond donors (Lipinski definition) is 1. The Morgan fingerprint density at radius 1 is 0.436 bits per heavy atom. The number of benzene rings is 10. The Bertz CT molecular complexity index is 3950. The van der Waals surface area contributed by atoms with Crippen LogP contribution in [-0.4, -0.2) is 7.28 Å². The summed E-state index contributed by atoms with van der Waals surface area (Å²) in [5.74, 6) is 0. The summed E-state index contributed by atoms with van der Waals surface area (Å²) in [6.07, 6.45) is 0. The smallest absolute Gasteiger partial charge is 0.198 e. The van der Waals surface area contributed by atoms with Crippen molar-refractivity contribution in [1.29, 1.82) is 0 Å². The molecule has 78 heavy (non-hydrogen) atoms. The molecule has 0 atom stereocenters. The normalized spacial score (nSPS) is 12.6. The predicted molar refractivity (Wildman–Crippen MR) is 342 cm³/mol. The van der Waals surface area contributed by atoms with Gasteiger partial charge in [-0.05, 0) is 158 Å². The highest BCUT2D eigenvalue weighted by Crippen LogP contribution is 2.50. The quantitative estimate of drug-likeness (QED) is 0.145. The second kappa shape index (κ2) is 19.7. The van der Waals surface area contributed by atoms with Crippen molar-refractivity contribution in [3.05, 3.63) is 241 Å². The van der Waals surface area contributed by atoms with Crippen LogP contribution in [0.4, 0.5) is 45.5 Å². The summed E-state index contributed by atoms with van der Waals surface area (Å²) in [5, 5.41) is 6.59. The first-order valence-electron chi connectivity index (χ1n) is 27.6. The Morgan fingerprint density at radius 2 is 0.974 bits per heavy atom. The zero-order chi connectivity index (χ0) is 54.1. The van der Waals surface area contributed by atoms with E-state index in [2.05, 4.69) is 303 Å². The van der Waals surface area contributed by atoms with Crippen molar-refractivity contribution in [3.63, 3.8) is 0 Å². The van der Waals surface area contributed by atoms with Gasteiger partial charge in [-0.15, -0.1) is 11.3 Å². The van der Waals surface area contributed by atoms with Crippen LogP contribution in [0.15, 0.2) is 218 Å². The van der Waals surface area contributed by atoms with E-state index in [-0.39, 0.29) is 16.2 Å². The third-order valence-corrected chi connectivity index (χ3v) is 17.0. The minimum atomic E-state index is -0.00109. The maximum atomic E-state index is 4.01. The monoisotopic (exact) mass is 1030 g/mol. The van der Waals surface area contributed by atoms with Crippen LogP contribution in [0.3, 0.4) is 0 Å². The van der Waals surface area contributed by atoms with Gasteiger partial charge in [-0.2, -0.15) is 0 Å². The summed E-state index contributed by atoms with van der Waals surface area (Å²) in [6, 6.07) is 81.7. The van der Waals surface area contributed by atoms with Crippen molar-refractivity contribution >= 4 is 95.2 Å². The Labute approximate surface area is 467 Å². The molecule has 12 rings (SSSR count). The van der Waals surface area contributed by atoms with Crippen LogP contribution in [0.5, 0.6) is 0 Å². The summed E-state index contributed by atoms with van der Waals surface area (Å²) >= 11 is 1.89. The summed E-state index contributed by atoms with van der Waals surface area (Å²) in [4.78, 5) is 5.07. The lowest BCUT2D eigenvalue weighted by molar-refractivity contribution is 0.589. The van der Waals surface area contributed by atoms with E-state index in [1.165, 1.54) is 98.2 Å². The van der Waals surface area contributed by atoms with E-state index in [0.29, 0.717) is 0 Å². The number of rotatable bonds is 9. The third-order valence-electron chi connectivity index (χ3n) is 15.9. The largest absolute Gasteiger partial charge is 0.355 e. The van der Waals surface area contributed by atoms with Crippen LogP contribution < -0.4 is 26.0 Å². The van der Waals surface area contributed by atoms with E-state index in [9.17, 15) is 0 Å². The van der Waals surface area contributed by atoms with Crippen LogP contribution in [-0.2, 0) is 16.2 Å². The molecule has 10 aromatic carbocycles. The molecule has 5 heteroatoms. The van der Waals surface area contributed by atoms with Gasteiger partial charge in [0.05, 0.1) is 5.69 Å². The van der Waals surface area contributed by atoms with Crippen molar-refractivity contribution in [3.8, 4) is 33.4 Å². The SMILES string of the molecule is Cc1cc(C(C)(C)C)ccc1N1c2cc(-c3ccccc3)ccc2Bc2c(-c3cc(N(c4ccc(C(C)(C)C)cc4)c4ccc(C(C)(C)C)cc4)ccc3Nc3ccc(-c4ccccc4)cc3)cc3sc4ccccc4c3c21. The van der Waals surface area contributed by atoms with Gasteiger partial charge in [0.2, 0.25) is 0 Å². The van der Waals surface area contributed by atoms with E-state index in [1.807, 2.05) is 11.3 Å². The molecule has 0 unspecified atom stereocenters. The molecule has 3 nitrogen and oxygen atoms in total. The molecule has 1 aliphatic heterocycles. The molecular weight excluding hydrogens is 962 g/mol. The van der Waals surface area contributed by atoms with Gasteiger partial charge in [-0.25, -0.2) is 0 Å². The van der Waals surface area contributed by atoms with Gasteiger partial charge in [0, 0.05) is 65.5 Å². The minimum Gasteiger partial charge on any atom is -0.355 e. The molecule has 0 saturated heterocycles. The van der Waals surface area contributed by atoms with Crippen molar-refractivity contribution in [2.45, 2.75) is 85.5 Å². The Balaban J connectivity index is 1.14. The molecule has 1 aliphatic rings. The highest BCUT2D eigenvalue weighted by molar-refractivity contribution is 7.26. The molecule has 0 spiro atoms. The fraction of sp³-hybridized carbons (Fsp3) is 0.178. The molecule has 0 fully saturated rings. The van der Waals surface area contributed by atoms with E-state index in [0.717, 1.165) is 41.3 Å². The highest BCUT2D eigenvalue weighted by Gasteiger charge is 2.33. The van der Waals surface area contributed by atoms with Gasteiger partial charge in [0.15, 0.2) is 7.28 Å². The van der Waals surface area contributed by atoms with Gasteiger partial charge in [0.25, 0.3) is 0 Å². The number of nitrogens with one attached hydrogen (secondary N) is 1. The first-order valence-corrected chi connectivity index (χ1v) is 28.4. The van der Waals surface area contributed by atoms with E-state index in [1.54, 1.807) is 0 Å². The number of fused-ring (bicyclic) bond motifs is 6. The van der Waals surface area contributed by atoms with Crippen LogP contribution in [0.25, 0.3) is 53.6 Å². The lowest BCUT2D eigenvalue weighted by Crippen LogP contribution is -2.41. The number of thiophene rings is 1. The van der Waals surface area contributed by atoms with Crippen molar-refractivity contribution in [2.75, 3.05) is 15.1 Å². The van der Waals surface area contributed by atoms with Gasteiger partial charge in [-0.3, -0.25) is 0 Å². The predicted octanol–water partition coefficient (Wildman–Crippen LogP) is 19.6. The summed E-state index contributed by atoms with van der Waals surface area (Å²) < 4.78 is 2.54. The minimum absolute atomic E-state index is 0.00109. The molecule has 1 N–H and O–H groups in total. The Kier molecular flexibility index (Phi) is 12.8. The second-order valence-corrected chi connectivity index (χ2v) is 25.5. The molecule has 0 amide bonds. The van der Waals surface area contributed by atoms with E-state index >= 15 is 0 Å². The van der Waals surface area contributed by atoms with Crippen molar-refractivity contribution in [2.24, 2.45) is 0 Å². The van der Waals surface area contributed by atoms with Crippen molar-refractivity contribution < 1.29 is 0 Å². The second-order valence-electron chi connectivity index (χ2n) is 24.4. The zero-order valence-electron chi connectivity index (χ0n) is 46.8. The van der Waals surface area contributed by atoms with Crippen LogP contribution >= 0.6 is 11.3 Å². The maximum absolute atomic E-state index is 4.01. The van der Waals surface area contributed by atoms with Gasteiger partial charge >= 0.3 is 0 Å². The maximum Gasteiger partial charge on any atom is 0.198 e. The number of hydrogen-bond acceptors (Lipinski definition) is 4. The standard InChI is InChI=1S/C73H68BN3S/c1-47-43-54(73(8,9)10)32-42-64(47)77-65-44-51(49-21-15-12-16-22-49)27-40-62(65)74-69-61(46-67-68(70(69)77)59-23-17-18-24-66(59)78-67)60-45-58(39-41-63(60)75-55-33-25-50(26-34-55)48-19-13-11-14-20-48)76(56-35-28-52(29-36-56)71(2,3)4)57-37-30-53(31-38-57)72(5,6)7/h11-46,74-75H,1-10H3. The summed E-state index contributed by atoms with van der Waals surface area (Å²) in [7, 11) is 0.756. The molecule has 0 bridgehead atoms. The fourth-order valence-electron chi connectivity index (χ4n) is 11.4. The lowest BCUT2D eigenvalue weighted by Gasteiger charge is -2.37. The number of nitrogens with zero attached hydrogens (tertiary/aromatic N) is 2. The van der Waals surface area contributed by atoms with Crippen LogP contribution in [0.1, 0.15) is 84.6 Å². The molecule has 0 aliphatic carbocycles. The fourth-order valence-corrected chi connectivity index (χ4v) is 12.6. The molecule has 2 heterocycles. The third kappa shape index (κ3) is 9.60. The number of anilines is 8. The highest BCUT2D eigenvalue weighted by atomic mass is 32.1. The first-order chi connectivity index (χ1) is 37.5. The molecule has 0 radical (unpaired) electrons. The Morgan fingerprint density at radius 3 is 1.58 bits per heavy atom. The van der Waals surface area contributed by atoms with Crippen molar-refractivity contribution in [1.82, 2.24) is 0 Å². The van der Waals surface area contributed by atoms with Gasteiger partial charge < -0.3 is 15.1 Å². The molecule has 384 valence electrons. The molecule has 11 aromatic rings. The zero-order valence-corrected chi connectivity index (χ0v) is 47.6.